The quantitative estimate of drug-likeness (QED) is 0.689. The van der Waals surface area contributed by atoms with E-state index in [1.165, 1.54) is 11.1 Å². The lowest BCUT2D eigenvalue weighted by Gasteiger charge is -2.02. The Bertz CT molecular complexity index is 499. The number of hydrogen-bond donors (Lipinski definition) is 0. The summed E-state index contributed by atoms with van der Waals surface area (Å²) in [5.41, 5.74) is 2.79. The smallest absolute Gasteiger partial charge is 0.0178 e. The molecule has 0 aliphatic heterocycles. The van der Waals surface area contributed by atoms with E-state index in [-0.39, 0.29) is 0 Å². The first-order valence-electron chi connectivity index (χ1n) is 5.60. The molecule has 1 saturated carbocycles. The molecular formula is C15H11Br2. The van der Waals surface area contributed by atoms with Gasteiger partial charge in [0.05, 0.1) is 0 Å². The molecule has 2 heteroatoms. The van der Waals surface area contributed by atoms with Crippen molar-refractivity contribution in [3.8, 4) is 0 Å². The molecule has 3 rings (SSSR count). The molecule has 17 heavy (non-hydrogen) atoms. The van der Waals surface area contributed by atoms with Gasteiger partial charge in [0.25, 0.3) is 0 Å². The van der Waals surface area contributed by atoms with Crippen LogP contribution >= 0.6 is 31.9 Å². The SMILES string of the molecule is Brc1cccc(C2[CH]C2c2cccc(Br)c2)c1. The van der Waals surface area contributed by atoms with Crippen LogP contribution in [0.2, 0.25) is 0 Å². The van der Waals surface area contributed by atoms with E-state index in [0.717, 1.165) is 8.95 Å². The zero-order valence-corrected chi connectivity index (χ0v) is 12.3. The zero-order chi connectivity index (χ0) is 11.8. The van der Waals surface area contributed by atoms with Crippen molar-refractivity contribution in [2.24, 2.45) is 0 Å². The van der Waals surface area contributed by atoms with Crippen molar-refractivity contribution in [3.63, 3.8) is 0 Å². The van der Waals surface area contributed by atoms with Crippen molar-refractivity contribution in [3.05, 3.63) is 75.0 Å². The molecule has 0 bridgehead atoms. The maximum absolute atomic E-state index is 3.52. The molecule has 0 nitrogen and oxygen atoms in total. The molecule has 0 spiro atoms. The number of benzene rings is 2. The Morgan fingerprint density at radius 1 is 0.706 bits per heavy atom. The number of hydrogen-bond acceptors (Lipinski definition) is 0. The Hall–Kier alpha value is -0.600. The van der Waals surface area contributed by atoms with E-state index in [1.54, 1.807) is 0 Å². The van der Waals surface area contributed by atoms with E-state index in [1.807, 2.05) is 0 Å². The standard InChI is InChI=1S/C15H11Br2/c16-12-5-1-3-10(7-12)14-9-15(14)11-4-2-6-13(17)8-11/h1-9,14-15H. The van der Waals surface area contributed by atoms with E-state index in [9.17, 15) is 0 Å². The van der Waals surface area contributed by atoms with Crippen LogP contribution in [-0.4, -0.2) is 0 Å². The minimum Gasteiger partial charge on any atom is -0.0609 e. The molecule has 85 valence electrons. The normalized spacial score (nSPS) is 22.5. The molecule has 1 fully saturated rings. The first-order valence-corrected chi connectivity index (χ1v) is 7.18. The molecule has 0 aromatic heterocycles. The maximum Gasteiger partial charge on any atom is 0.0178 e. The predicted octanol–water partition coefficient (Wildman–Crippen LogP) is 5.30. The second-order valence-electron chi connectivity index (χ2n) is 4.35. The summed E-state index contributed by atoms with van der Waals surface area (Å²) in [7, 11) is 0. The van der Waals surface area contributed by atoms with E-state index in [2.05, 4.69) is 86.8 Å². The highest BCUT2D eigenvalue weighted by atomic mass is 79.9. The topological polar surface area (TPSA) is 0 Å². The Morgan fingerprint density at radius 3 is 1.59 bits per heavy atom. The fourth-order valence-corrected chi connectivity index (χ4v) is 3.06. The van der Waals surface area contributed by atoms with Crippen LogP contribution in [0.25, 0.3) is 0 Å². The lowest BCUT2D eigenvalue weighted by atomic mass is 10.0. The minimum absolute atomic E-state index is 0.571. The first kappa shape index (κ1) is 11.5. The van der Waals surface area contributed by atoms with Gasteiger partial charge in [0.2, 0.25) is 0 Å². The van der Waals surface area contributed by atoms with E-state index in [0.29, 0.717) is 11.8 Å². The fraction of sp³-hybridized carbons (Fsp3) is 0.133. The second kappa shape index (κ2) is 4.58. The average Bonchev–Trinajstić information content (AvgIpc) is 3.09. The van der Waals surface area contributed by atoms with Crippen molar-refractivity contribution in [2.75, 3.05) is 0 Å². The molecule has 0 saturated heterocycles. The monoisotopic (exact) mass is 349 g/mol. The third kappa shape index (κ3) is 2.48. The lowest BCUT2D eigenvalue weighted by Crippen LogP contribution is -1.84. The van der Waals surface area contributed by atoms with Gasteiger partial charge in [-0.05, 0) is 53.6 Å². The first-order chi connectivity index (χ1) is 8.24. The molecule has 2 unspecified atom stereocenters. The van der Waals surface area contributed by atoms with Crippen LogP contribution < -0.4 is 0 Å². The number of rotatable bonds is 2. The Kier molecular flexibility index (Phi) is 3.10. The summed E-state index contributed by atoms with van der Waals surface area (Å²) in [6.45, 7) is 0. The molecular weight excluding hydrogens is 340 g/mol. The van der Waals surface area contributed by atoms with Crippen LogP contribution in [0.15, 0.2) is 57.5 Å². The van der Waals surface area contributed by atoms with Crippen molar-refractivity contribution in [1.82, 2.24) is 0 Å². The van der Waals surface area contributed by atoms with Crippen LogP contribution in [0.3, 0.4) is 0 Å². The fourth-order valence-electron chi connectivity index (χ4n) is 2.22. The summed E-state index contributed by atoms with van der Waals surface area (Å²) in [4.78, 5) is 0. The van der Waals surface area contributed by atoms with Gasteiger partial charge in [0, 0.05) is 8.95 Å². The highest BCUT2D eigenvalue weighted by Crippen LogP contribution is 2.53. The van der Waals surface area contributed by atoms with Gasteiger partial charge in [-0.3, -0.25) is 0 Å². The summed E-state index contributed by atoms with van der Waals surface area (Å²) in [6.07, 6.45) is 2.39. The van der Waals surface area contributed by atoms with Crippen molar-refractivity contribution in [1.29, 1.82) is 0 Å². The Balaban J connectivity index is 1.83. The Labute approximate surface area is 118 Å². The van der Waals surface area contributed by atoms with Crippen LogP contribution in [-0.2, 0) is 0 Å². The van der Waals surface area contributed by atoms with Crippen molar-refractivity contribution in [2.45, 2.75) is 11.8 Å². The third-order valence-electron chi connectivity index (χ3n) is 3.13. The van der Waals surface area contributed by atoms with Crippen LogP contribution in [0.4, 0.5) is 0 Å². The minimum atomic E-state index is 0.571. The number of halogens is 2. The van der Waals surface area contributed by atoms with Crippen LogP contribution in [0.5, 0.6) is 0 Å². The Morgan fingerprint density at radius 2 is 1.18 bits per heavy atom. The van der Waals surface area contributed by atoms with Gasteiger partial charge >= 0.3 is 0 Å². The summed E-state index contributed by atoms with van der Waals surface area (Å²) in [6, 6.07) is 17.2. The van der Waals surface area contributed by atoms with Gasteiger partial charge in [-0.1, -0.05) is 56.1 Å². The predicted molar refractivity (Wildman–Crippen MR) is 78.1 cm³/mol. The van der Waals surface area contributed by atoms with Gasteiger partial charge in [0.1, 0.15) is 0 Å². The summed E-state index contributed by atoms with van der Waals surface area (Å²) < 4.78 is 2.31. The van der Waals surface area contributed by atoms with Gasteiger partial charge in [-0.2, -0.15) is 0 Å². The molecule has 0 N–H and O–H groups in total. The van der Waals surface area contributed by atoms with E-state index >= 15 is 0 Å². The third-order valence-corrected chi connectivity index (χ3v) is 4.11. The largest absolute Gasteiger partial charge is 0.0609 e. The van der Waals surface area contributed by atoms with E-state index < -0.39 is 0 Å². The summed E-state index contributed by atoms with van der Waals surface area (Å²) in [5, 5.41) is 0. The molecule has 2 aromatic rings. The molecule has 0 heterocycles. The zero-order valence-electron chi connectivity index (χ0n) is 9.11. The van der Waals surface area contributed by atoms with Gasteiger partial charge in [0.15, 0.2) is 0 Å². The highest BCUT2D eigenvalue weighted by Gasteiger charge is 2.39. The van der Waals surface area contributed by atoms with Gasteiger partial charge in [-0.15, -0.1) is 0 Å². The molecule has 2 aromatic carbocycles. The van der Waals surface area contributed by atoms with Crippen LogP contribution in [0.1, 0.15) is 23.0 Å². The van der Waals surface area contributed by atoms with E-state index in [4.69, 9.17) is 0 Å². The summed E-state index contributed by atoms with van der Waals surface area (Å²) in [5.74, 6) is 1.14. The average molecular weight is 351 g/mol. The van der Waals surface area contributed by atoms with Gasteiger partial charge < -0.3 is 0 Å². The van der Waals surface area contributed by atoms with Crippen LogP contribution in [0, 0.1) is 6.42 Å². The molecule has 1 aliphatic carbocycles. The van der Waals surface area contributed by atoms with Crippen molar-refractivity contribution >= 4 is 31.9 Å². The maximum atomic E-state index is 3.52. The molecule has 1 aliphatic rings. The van der Waals surface area contributed by atoms with Crippen molar-refractivity contribution < 1.29 is 0 Å². The van der Waals surface area contributed by atoms with Gasteiger partial charge in [-0.25, -0.2) is 0 Å². The summed E-state index contributed by atoms with van der Waals surface area (Å²) >= 11 is 7.05. The molecule has 0 amide bonds. The molecule has 2 atom stereocenters. The second-order valence-corrected chi connectivity index (χ2v) is 6.19. The highest BCUT2D eigenvalue weighted by molar-refractivity contribution is 9.10. The molecule has 1 radical (unpaired) electrons. The lowest BCUT2D eigenvalue weighted by molar-refractivity contribution is 1.02.